The molecule has 0 bridgehead atoms. The second-order valence-electron chi connectivity index (χ2n) is 7.51. The number of anilines is 1. The largest absolute Gasteiger partial charge is 0.341 e. The van der Waals surface area contributed by atoms with Gasteiger partial charge in [0.15, 0.2) is 5.78 Å². The van der Waals surface area contributed by atoms with Crippen molar-refractivity contribution in [3.05, 3.63) is 81.9 Å². The lowest BCUT2D eigenvalue weighted by molar-refractivity contribution is -0.110. The lowest BCUT2D eigenvalue weighted by Gasteiger charge is -2.20. The molecule has 0 radical (unpaired) electrons. The van der Waals surface area contributed by atoms with Crippen molar-refractivity contribution in [3.8, 4) is 0 Å². The molecule has 31 heavy (non-hydrogen) atoms. The van der Waals surface area contributed by atoms with Gasteiger partial charge in [0, 0.05) is 41.2 Å². The fraction of sp³-hybridized carbons (Fsp3) is 0.346. The van der Waals surface area contributed by atoms with Crippen LogP contribution in [0.5, 0.6) is 0 Å². The minimum Gasteiger partial charge on any atom is -0.341 e. The van der Waals surface area contributed by atoms with Crippen LogP contribution in [-0.2, 0) is 4.79 Å². The number of nitrogens with zero attached hydrogens (tertiary/aromatic N) is 2. The fourth-order valence-corrected chi connectivity index (χ4v) is 5.50. The molecule has 2 heterocycles. The molecule has 3 rings (SSSR count). The molecule has 0 spiro atoms. The van der Waals surface area contributed by atoms with Crippen molar-refractivity contribution < 1.29 is 4.79 Å². The minimum absolute atomic E-state index is 0.0490. The molecular weight excluding hydrogens is 420 g/mol. The molecule has 0 atom stereocenters. The number of unbranched alkanes of at least 4 members (excludes halogenated alkanes) is 2. The van der Waals surface area contributed by atoms with E-state index in [1.54, 1.807) is 35.7 Å². The van der Waals surface area contributed by atoms with E-state index in [9.17, 15) is 4.79 Å². The first kappa shape index (κ1) is 23.6. The predicted octanol–water partition coefficient (Wildman–Crippen LogP) is 7.47. The van der Waals surface area contributed by atoms with Crippen LogP contribution in [-0.4, -0.2) is 23.8 Å². The normalized spacial score (nSPS) is 18.7. The van der Waals surface area contributed by atoms with Crippen LogP contribution in [0.3, 0.4) is 0 Å². The summed E-state index contributed by atoms with van der Waals surface area (Å²) < 4.78 is 0. The summed E-state index contributed by atoms with van der Waals surface area (Å²) in [6, 6.07) is 8.41. The maximum absolute atomic E-state index is 13.0. The molecular formula is C26H32N2OS2. The van der Waals surface area contributed by atoms with Gasteiger partial charge in [-0.05, 0) is 38.0 Å². The summed E-state index contributed by atoms with van der Waals surface area (Å²) in [5.41, 5.74) is 1.21. The van der Waals surface area contributed by atoms with E-state index in [0.29, 0.717) is 0 Å². The molecule has 5 heteroatoms. The minimum atomic E-state index is 0.0490. The molecule has 2 aliphatic rings. The third-order valence-electron chi connectivity index (χ3n) is 5.01. The zero-order chi connectivity index (χ0) is 22.1. The van der Waals surface area contributed by atoms with Gasteiger partial charge in [-0.15, -0.1) is 0 Å². The Morgan fingerprint density at radius 1 is 0.968 bits per heavy atom. The Kier molecular flexibility index (Phi) is 9.16. The SMILES string of the molecule is C/C=C\C=C/C1=CN(CCCC)/C(=C/C(=O)/C=C2\Sc3ccccc3N2CCCC)S1. The van der Waals surface area contributed by atoms with Crippen LogP contribution in [0, 0.1) is 0 Å². The highest BCUT2D eigenvalue weighted by atomic mass is 32.2. The van der Waals surface area contributed by atoms with Gasteiger partial charge >= 0.3 is 0 Å². The number of carbonyl (C=O) groups excluding carboxylic acids is 1. The maximum Gasteiger partial charge on any atom is 0.183 e. The smallest absolute Gasteiger partial charge is 0.183 e. The van der Waals surface area contributed by atoms with Gasteiger partial charge in [0.1, 0.15) is 0 Å². The highest BCUT2D eigenvalue weighted by molar-refractivity contribution is 8.07. The van der Waals surface area contributed by atoms with Gasteiger partial charge in [0.05, 0.1) is 15.7 Å². The van der Waals surface area contributed by atoms with Crippen LogP contribution >= 0.6 is 23.5 Å². The Labute approximate surface area is 195 Å². The second-order valence-corrected chi connectivity index (χ2v) is 9.66. The Bertz CT molecular complexity index is 927. The van der Waals surface area contributed by atoms with E-state index < -0.39 is 0 Å². The maximum atomic E-state index is 13.0. The molecule has 1 aromatic rings. The summed E-state index contributed by atoms with van der Waals surface area (Å²) in [7, 11) is 0. The molecule has 0 aromatic heterocycles. The van der Waals surface area contributed by atoms with Crippen LogP contribution in [0.4, 0.5) is 5.69 Å². The lowest BCUT2D eigenvalue weighted by Crippen LogP contribution is -2.19. The topological polar surface area (TPSA) is 23.6 Å². The van der Waals surface area contributed by atoms with Crippen molar-refractivity contribution in [1.29, 1.82) is 0 Å². The monoisotopic (exact) mass is 452 g/mol. The molecule has 0 saturated carbocycles. The Balaban J connectivity index is 1.78. The van der Waals surface area contributed by atoms with Crippen molar-refractivity contribution in [1.82, 2.24) is 4.90 Å². The summed E-state index contributed by atoms with van der Waals surface area (Å²) in [6.45, 7) is 8.27. The van der Waals surface area contributed by atoms with Crippen LogP contribution in [0.2, 0.25) is 0 Å². The van der Waals surface area contributed by atoms with Crippen LogP contribution in [0.15, 0.2) is 86.8 Å². The van der Waals surface area contributed by atoms with Crippen molar-refractivity contribution in [3.63, 3.8) is 0 Å². The summed E-state index contributed by atoms with van der Waals surface area (Å²) in [5.74, 6) is 0.0490. The number of ketones is 1. The zero-order valence-electron chi connectivity index (χ0n) is 18.7. The first-order valence-corrected chi connectivity index (χ1v) is 12.8. The first-order chi connectivity index (χ1) is 15.2. The van der Waals surface area contributed by atoms with Crippen molar-refractivity contribution >= 4 is 35.0 Å². The lowest BCUT2D eigenvalue weighted by atomic mass is 10.2. The molecule has 0 N–H and O–H groups in total. The molecule has 1 aromatic carbocycles. The van der Waals surface area contributed by atoms with E-state index >= 15 is 0 Å². The predicted molar refractivity (Wildman–Crippen MR) is 137 cm³/mol. The van der Waals surface area contributed by atoms with Crippen LogP contribution in [0.25, 0.3) is 0 Å². The highest BCUT2D eigenvalue weighted by Crippen LogP contribution is 2.46. The van der Waals surface area contributed by atoms with Crippen LogP contribution < -0.4 is 4.90 Å². The van der Waals surface area contributed by atoms with Crippen molar-refractivity contribution in [2.45, 2.75) is 51.3 Å². The van der Waals surface area contributed by atoms with Crippen molar-refractivity contribution in [2.24, 2.45) is 0 Å². The number of thioether (sulfide) groups is 2. The molecule has 164 valence electrons. The summed E-state index contributed by atoms with van der Waals surface area (Å²) in [4.78, 5) is 19.9. The number of rotatable bonds is 10. The highest BCUT2D eigenvalue weighted by Gasteiger charge is 2.25. The quantitative estimate of drug-likeness (QED) is 0.271. The number of hydrogen-bond donors (Lipinski definition) is 0. The van der Waals surface area contributed by atoms with E-state index in [0.717, 1.165) is 53.7 Å². The average molecular weight is 453 g/mol. The molecule has 3 nitrogen and oxygen atoms in total. The summed E-state index contributed by atoms with van der Waals surface area (Å²) in [6.07, 6.45) is 18.4. The van der Waals surface area contributed by atoms with E-state index in [4.69, 9.17) is 0 Å². The van der Waals surface area contributed by atoms with Gasteiger partial charge in [-0.25, -0.2) is 0 Å². The number of para-hydroxylation sites is 1. The number of benzene rings is 1. The van der Waals surface area contributed by atoms with Gasteiger partial charge in [0.2, 0.25) is 0 Å². The van der Waals surface area contributed by atoms with E-state index in [1.165, 1.54) is 10.6 Å². The number of carbonyl (C=O) groups is 1. The average Bonchev–Trinajstić information content (AvgIpc) is 3.31. The summed E-state index contributed by atoms with van der Waals surface area (Å²) >= 11 is 3.36. The van der Waals surface area contributed by atoms with Gasteiger partial charge in [0.25, 0.3) is 0 Å². The van der Waals surface area contributed by atoms with Gasteiger partial charge in [-0.1, -0.05) is 80.6 Å². The van der Waals surface area contributed by atoms with Gasteiger partial charge < -0.3 is 9.80 Å². The second kappa shape index (κ2) is 12.1. The van der Waals surface area contributed by atoms with Crippen molar-refractivity contribution in [2.75, 3.05) is 18.0 Å². The third-order valence-corrected chi connectivity index (χ3v) is 7.16. The molecule has 0 unspecified atom stereocenters. The first-order valence-electron chi connectivity index (χ1n) is 11.1. The molecule has 0 amide bonds. The molecule has 0 fully saturated rings. The Morgan fingerprint density at radius 3 is 2.48 bits per heavy atom. The zero-order valence-corrected chi connectivity index (χ0v) is 20.3. The van der Waals surface area contributed by atoms with Crippen LogP contribution in [0.1, 0.15) is 46.5 Å². The number of hydrogen-bond acceptors (Lipinski definition) is 5. The van der Waals surface area contributed by atoms with E-state index in [1.807, 2.05) is 25.2 Å². The Hall–Kier alpha value is -2.11. The third kappa shape index (κ3) is 6.44. The van der Waals surface area contributed by atoms with E-state index in [-0.39, 0.29) is 5.78 Å². The number of fused-ring (bicyclic) bond motifs is 1. The molecule has 0 saturated heterocycles. The number of allylic oxidation sites excluding steroid dienone is 6. The Morgan fingerprint density at radius 2 is 1.71 bits per heavy atom. The van der Waals surface area contributed by atoms with E-state index in [2.05, 4.69) is 60.2 Å². The summed E-state index contributed by atoms with van der Waals surface area (Å²) in [5, 5.41) is 2.04. The molecule has 0 aliphatic carbocycles. The molecule has 2 aliphatic heterocycles. The fourth-order valence-electron chi connectivity index (χ4n) is 3.37. The standard InChI is InChI=1S/C26H32N2OS2/c1-4-7-10-13-22-20-27(16-8-5-2)25(30-22)18-21(29)19-26-28(17-9-6-3)23-14-11-12-15-24(23)31-26/h4,7,10-15,18-20H,5-6,8-9,16-17H2,1-3H3/b7-4-,13-10-,25-18-,26-19-. The van der Waals surface area contributed by atoms with Gasteiger partial charge in [-0.3, -0.25) is 4.79 Å². The van der Waals surface area contributed by atoms with Gasteiger partial charge in [-0.2, -0.15) is 0 Å².